The fraction of sp³-hybridized carbons (Fsp3) is 0.833. The van der Waals surface area contributed by atoms with E-state index >= 15 is 0 Å². The van der Waals surface area contributed by atoms with Crippen LogP contribution < -0.4 is 9.47 Å². The maximum Gasteiger partial charge on any atom is 0.126 e. The second-order valence-corrected chi connectivity index (χ2v) is 11.6. The zero-order chi connectivity index (χ0) is 27.4. The lowest BCUT2D eigenvalue weighted by Crippen LogP contribution is -2.03. The molecule has 0 N–H and O–H groups in total. The van der Waals surface area contributed by atoms with Crippen LogP contribution in [0.1, 0.15) is 180 Å². The standard InChI is InChI=1S/C36H66O2/c1-4-7-10-13-15-17-19-21-23-26-31-37-35-30-29-34(28-25-12-9-6-3)36(33-35)38-32-27-24-22-20-18-16-14-11-8-5-2/h29-30,33H,4-28,31-32H2,1-3H3. The molecule has 222 valence electrons. The number of hydrogen-bond acceptors (Lipinski definition) is 2. The van der Waals surface area contributed by atoms with E-state index in [0.29, 0.717) is 0 Å². The Labute approximate surface area is 239 Å². The molecule has 0 bridgehead atoms. The Balaban J connectivity index is 2.28. The molecular weight excluding hydrogens is 464 g/mol. The van der Waals surface area contributed by atoms with Crippen molar-refractivity contribution in [2.24, 2.45) is 0 Å². The summed E-state index contributed by atoms with van der Waals surface area (Å²) in [5.41, 5.74) is 1.36. The van der Waals surface area contributed by atoms with Gasteiger partial charge < -0.3 is 9.47 Å². The van der Waals surface area contributed by atoms with E-state index < -0.39 is 0 Å². The quantitative estimate of drug-likeness (QED) is 0.0959. The second kappa shape index (κ2) is 27.4. The zero-order valence-corrected chi connectivity index (χ0v) is 26.1. The van der Waals surface area contributed by atoms with Crippen molar-refractivity contribution in [2.75, 3.05) is 13.2 Å². The Morgan fingerprint density at radius 1 is 0.421 bits per heavy atom. The van der Waals surface area contributed by atoms with E-state index in [9.17, 15) is 0 Å². The van der Waals surface area contributed by atoms with Gasteiger partial charge in [0.15, 0.2) is 0 Å². The van der Waals surface area contributed by atoms with Crippen LogP contribution in [0, 0.1) is 0 Å². The molecule has 1 aromatic carbocycles. The minimum atomic E-state index is 0.824. The smallest absolute Gasteiger partial charge is 0.126 e. The lowest BCUT2D eigenvalue weighted by Gasteiger charge is -2.14. The number of unbranched alkanes of at least 4 members (excludes halogenated alkanes) is 21. The van der Waals surface area contributed by atoms with Gasteiger partial charge in [-0.25, -0.2) is 0 Å². The summed E-state index contributed by atoms with van der Waals surface area (Å²) in [4.78, 5) is 0. The number of aryl methyl sites for hydroxylation is 1. The number of rotatable bonds is 29. The third-order valence-corrected chi connectivity index (χ3v) is 7.86. The van der Waals surface area contributed by atoms with Gasteiger partial charge in [-0.05, 0) is 37.3 Å². The minimum absolute atomic E-state index is 0.824. The summed E-state index contributed by atoms with van der Waals surface area (Å²) in [5, 5.41) is 0. The normalized spacial score (nSPS) is 11.2. The highest BCUT2D eigenvalue weighted by Crippen LogP contribution is 2.27. The molecule has 0 aromatic heterocycles. The molecule has 0 heterocycles. The summed E-state index contributed by atoms with van der Waals surface area (Å²) in [7, 11) is 0. The Hall–Kier alpha value is -1.18. The van der Waals surface area contributed by atoms with Crippen molar-refractivity contribution in [3.05, 3.63) is 23.8 Å². The third-order valence-electron chi connectivity index (χ3n) is 7.86. The van der Waals surface area contributed by atoms with Crippen LogP contribution >= 0.6 is 0 Å². The molecular formula is C36H66O2. The van der Waals surface area contributed by atoms with Crippen LogP contribution in [0.5, 0.6) is 11.5 Å². The van der Waals surface area contributed by atoms with Crippen molar-refractivity contribution in [3.63, 3.8) is 0 Å². The van der Waals surface area contributed by atoms with E-state index in [0.717, 1.165) is 44.0 Å². The minimum Gasteiger partial charge on any atom is -0.493 e. The van der Waals surface area contributed by atoms with Crippen molar-refractivity contribution in [2.45, 2.75) is 181 Å². The molecule has 1 aromatic rings. The van der Waals surface area contributed by atoms with E-state index in [2.05, 4.69) is 39.0 Å². The highest BCUT2D eigenvalue weighted by Gasteiger charge is 2.07. The molecule has 0 unspecified atom stereocenters. The van der Waals surface area contributed by atoms with Gasteiger partial charge in [0.05, 0.1) is 13.2 Å². The Bertz CT molecular complexity index is 611. The van der Waals surface area contributed by atoms with Crippen molar-refractivity contribution >= 4 is 0 Å². The Morgan fingerprint density at radius 2 is 0.816 bits per heavy atom. The van der Waals surface area contributed by atoms with E-state index in [4.69, 9.17) is 9.47 Å². The SMILES string of the molecule is CCCCCCCCCCCCOc1ccc(CCCCCC)c(OCCCCCCCCCCCC)c1. The van der Waals surface area contributed by atoms with Gasteiger partial charge in [-0.1, -0.05) is 162 Å². The molecule has 0 atom stereocenters. The lowest BCUT2D eigenvalue weighted by molar-refractivity contribution is 0.287. The molecule has 0 fully saturated rings. The first kappa shape index (κ1) is 34.8. The first-order chi connectivity index (χ1) is 18.8. The maximum absolute atomic E-state index is 6.33. The van der Waals surface area contributed by atoms with Crippen LogP contribution in [-0.2, 0) is 6.42 Å². The molecule has 2 heteroatoms. The predicted octanol–water partition coefficient (Wildman–Crippen LogP) is 12.4. The van der Waals surface area contributed by atoms with E-state index in [1.807, 2.05) is 0 Å². The largest absolute Gasteiger partial charge is 0.493 e. The summed E-state index contributed by atoms with van der Waals surface area (Å²) >= 11 is 0. The molecule has 0 aliphatic carbocycles. The van der Waals surface area contributed by atoms with Gasteiger partial charge in [0.25, 0.3) is 0 Å². The van der Waals surface area contributed by atoms with Gasteiger partial charge >= 0.3 is 0 Å². The molecule has 0 saturated heterocycles. The summed E-state index contributed by atoms with van der Waals surface area (Å²) in [5.74, 6) is 2.05. The second-order valence-electron chi connectivity index (χ2n) is 11.6. The van der Waals surface area contributed by atoms with Crippen LogP contribution in [0.25, 0.3) is 0 Å². The molecule has 2 nitrogen and oxygen atoms in total. The molecule has 0 radical (unpaired) electrons. The third kappa shape index (κ3) is 20.7. The molecule has 38 heavy (non-hydrogen) atoms. The number of hydrogen-bond donors (Lipinski definition) is 0. The van der Waals surface area contributed by atoms with Crippen LogP contribution in [0.2, 0.25) is 0 Å². The van der Waals surface area contributed by atoms with Gasteiger partial charge in [0.2, 0.25) is 0 Å². The van der Waals surface area contributed by atoms with Crippen LogP contribution in [0.4, 0.5) is 0 Å². The summed E-state index contributed by atoms with van der Waals surface area (Å²) < 4.78 is 12.5. The molecule has 0 saturated carbocycles. The average molecular weight is 531 g/mol. The molecule has 0 aliphatic rings. The first-order valence-electron chi connectivity index (χ1n) is 17.2. The molecule has 1 rings (SSSR count). The molecule has 0 spiro atoms. The van der Waals surface area contributed by atoms with Crippen molar-refractivity contribution < 1.29 is 9.47 Å². The highest BCUT2D eigenvalue weighted by atomic mass is 16.5. The van der Waals surface area contributed by atoms with Crippen molar-refractivity contribution in [1.29, 1.82) is 0 Å². The van der Waals surface area contributed by atoms with Crippen LogP contribution in [0.15, 0.2) is 18.2 Å². The summed E-state index contributed by atoms with van der Waals surface area (Å²) in [6.45, 7) is 8.52. The van der Waals surface area contributed by atoms with Gasteiger partial charge in [0, 0.05) is 6.07 Å². The summed E-state index contributed by atoms with van der Waals surface area (Å²) in [6.07, 6.45) is 33.5. The fourth-order valence-corrected chi connectivity index (χ4v) is 5.26. The molecule has 0 aliphatic heterocycles. The maximum atomic E-state index is 6.33. The van der Waals surface area contributed by atoms with Crippen LogP contribution in [-0.4, -0.2) is 13.2 Å². The van der Waals surface area contributed by atoms with E-state index in [1.54, 1.807) is 0 Å². The lowest BCUT2D eigenvalue weighted by atomic mass is 10.0. The Kier molecular flexibility index (Phi) is 25.1. The zero-order valence-electron chi connectivity index (χ0n) is 26.1. The number of ether oxygens (including phenoxy) is 2. The van der Waals surface area contributed by atoms with Crippen molar-refractivity contribution in [3.8, 4) is 11.5 Å². The Morgan fingerprint density at radius 3 is 1.29 bits per heavy atom. The van der Waals surface area contributed by atoms with Crippen molar-refractivity contribution in [1.82, 2.24) is 0 Å². The topological polar surface area (TPSA) is 18.5 Å². The van der Waals surface area contributed by atoms with E-state index in [-0.39, 0.29) is 0 Å². The van der Waals surface area contributed by atoms with Gasteiger partial charge in [-0.2, -0.15) is 0 Å². The number of benzene rings is 1. The highest BCUT2D eigenvalue weighted by molar-refractivity contribution is 5.41. The predicted molar refractivity (Wildman–Crippen MR) is 169 cm³/mol. The van der Waals surface area contributed by atoms with Crippen LogP contribution in [0.3, 0.4) is 0 Å². The van der Waals surface area contributed by atoms with Gasteiger partial charge in [-0.3, -0.25) is 0 Å². The fourth-order valence-electron chi connectivity index (χ4n) is 5.26. The van der Waals surface area contributed by atoms with Gasteiger partial charge in [0.1, 0.15) is 11.5 Å². The van der Waals surface area contributed by atoms with Gasteiger partial charge in [-0.15, -0.1) is 0 Å². The van der Waals surface area contributed by atoms with E-state index in [1.165, 1.54) is 147 Å². The average Bonchev–Trinajstić information content (AvgIpc) is 2.93. The molecule has 0 amide bonds. The summed E-state index contributed by atoms with van der Waals surface area (Å²) in [6, 6.07) is 6.59. The monoisotopic (exact) mass is 531 g/mol. The first-order valence-corrected chi connectivity index (χ1v) is 17.2.